The molecule has 164 valence electrons. The second kappa shape index (κ2) is 13.5. The van der Waals surface area contributed by atoms with Crippen molar-refractivity contribution in [2.75, 3.05) is 50.9 Å². The predicted molar refractivity (Wildman–Crippen MR) is 134 cm³/mol. The number of guanidine groups is 1. The van der Waals surface area contributed by atoms with Gasteiger partial charge in [0.25, 0.3) is 0 Å². The van der Waals surface area contributed by atoms with E-state index >= 15 is 0 Å². The lowest BCUT2D eigenvalue weighted by molar-refractivity contribution is 0.122. The molecule has 1 heterocycles. The second-order valence-corrected chi connectivity index (χ2v) is 7.09. The molecule has 0 radical (unpaired) electrons. The van der Waals surface area contributed by atoms with Crippen LogP contribution in [-0.4, -0.2) is 57.1 Å². The van der Waals surface area contributed by atoms with Crippen molar-refractivity contribution in [3.63, 3.8) is 0 Å². The van der Waals surface area contributed by atoms with Crippen molar-refractivity contribution in [2.45, 2.75) is 19.4 Å². The van der Waals surface area contributed by atoms with Gasteiger partial charge in [0.2, 0.25) is 0 Å². The number of anilines is 1. The number of hydrogen-bond donors (Lipinski definition) is 3. The Morgan fingerprint density at radius 1 is 1.07 bits per heavy atom. The number of para-hydroxylation sites is 1. The highest BCUT2D eigenvalue weighted by Crippen LogP contribution is 2.22. The van der Waals surface area contributed by atoms with Crippen molar-refractivity contribution in [2.24, 2.45) is 4.99 Å². The van der Waals surface area contributed by atoms with Gasteiger partial charge in [0, 0.05) is 37.8 Å². The van der Waals surface area contributed by atoms with Crippen molar-refractivity contribution in [1.82, 2.24) is 10.6 Å². The predicted octanol–water partition coefficient (Wildman–Crippen LogP) is 2.97. The first-order valence-corrected chi connectivity index (χ1v) is 10.4. The van der Waals surface area contributed by atoms with Crippen molar-refractivity contribution < 1.29 is 9.84 Å². The minimum absolute atomic E-state index is 0. The number of morpholine rings is 1. The van der Waals surface area contributed by atoms with Crippen LogP contribution in [0, 0.1) is 0 Å². The van der Waals surface area contributed by atoms with E-state index < -0.39 is 0 Å². The van der Waals surface area contributed by atoms with Gasteiger partial charge in [0.15, 0.2) is 5.96 Å². The third-order valence-electron chi connectivity index (χ3n) is 5.10. The topological polar surface area (TPSA) is 69.1 Å². The third-order valence-corrected chi connectivity index (χ3v) is 5.10. The average Bonchev–Trinajstić information content (AvgIpc) is 2.79. The van der Waals surface area contributed by atoms with E-state index in [1.54, 1.807) is 0 Å². The molecule has 30 heavy (non-hydrogen) atoms. The quantitative estimate of drug-likeness (QED) is 0.282. The van der Waals surface area contributed by atoms with E-state index in [4.69, 9.17) is 9.73 Å². The van der Waals surface area contributed by atoms with E-state index in [1.807, 2.05) is 30.3 Å². The Morgan fingerprint density at radius 3 is 2.47 bits per heavy atom. The number of halogens is 1. The molecule has 1 aliphatic heterocycles. The molecule has 7 heteroatoms. The number of rotatable bonds is 8. The zero-order chi connectivity index (χ0) is 20.3. The first-order chi connectivity index (χ1) is 14.3. The number of benzene rings is 2. The lowest BCUT2D eigenvalue weighted by atomic mass is 10.0. The lowest BCUT2D eigenvalue weighted by Crippen LogP contribution is -2.40. The fraction of sp³-hybridized carbons (Fsp3) is 0.435. The van der Waals surface area contributed by atoms with Gasteiger partial charge in [-0.15, -0.1) is 24.0 Å². The molecule has 0 spiro atoms. The molecular weight excluding hydrogens is 491 g/mol. The second-order valence-electron chi connectivity index (χ2n) is 7.09. The largest absolute Gasteiger partial charge is 0.396 e. The van der Waals surface area contributed by atoms with Crippen LogP contribution < -0.4 is 15.5 Å². The van der Waals surface area contributed by atoms with Crippen LogP contribution in [-0.2, 0) is 11.3 Å². The fourth-order valence-corrected chi connectivity index (χ4v) is 3.50. The summed E-state index contributed by atoms with van der Waals surface area (Å²) in [5.41, 5.74) is 3.55. The van der Waals surface area contributed by atoms with Crippen molar-refractivity contribution in [3.8, 4) is 0 Å². The van der Waals surface area contributed by atoms with Crippen molar-refractivity contribution >= 4 is 35.6 Å². The van der Waals surface area contributed by atoms with Crippen molar-refractivity contribution in [1.29, 1.82) is 0 Å². The summed E-state index contributed by atoms with van der Waals surface area (Å²) in [6, 6.07) is 18.5. The van der Waals surface area contributed by atoms with Crippen LogP contribution in [0.5, 0.6) is 0 Å². The minimum atomic E-state index is 0. The van der Waals surface area contributed by atoms with Gasteiger partial charge in [-0.25, -0.2) is 4.99 Å². The molecule has 0 saturated carbocycles. The highest BCUT2D eigenvalue weighted by atomic mass is 127. The molecule has 6 nitrogen and oxygen atoms in total. The van der Waals surface area contributed by atoms with Gasteiger partial charge in [0.1, 0.15) is 0 Å². The standard InChI is InChI=1S/C23H32N4O2.HI/c1-2-24-23(26-17-21(18-28)19-8-4-3-5-9-19)25-16-20-10-6-7-11-22(20)27-12-14-29-15-13-27;/h3-11,21,28H,2,12-18H2,1H3,(H2,24,25,26);1H. The molecule has 0 bridgehead atoms. The van der Waals surface area contributed by atoms with Crippen LogP contribution in [0.1, 0.15) is 24.0 Å². The Balaban J connectivity index is 0.00000320. The average molecular weight is 524 g/mol. The molecule has 3 rings (SSSR count). The van der Waals surface area contributed by atoms with E-state index in [2.05, 4.69) is 46.7 Å². The number of aliphatic hydroxyl groups excluding tert-OH is 1. The molecule has 0 amide bonds. The van der Waals surface area contributed by atoms with Gasteiger partial charge >= 0.3 is 0 Å². The van der Waals surface area contributed by atoms with Gasteiger partial charge in [0.05, 0.1) is 26.4 Å². The van der Waals surface area contributed by atoms with Crippen LogP contribution in [0.25, 0.3) is 0 Å². The molecule has 2 aromatic rings. The minimum Gasteiger partial charge on any atom is -0.396 e. The SMILES string of the molecule is CCNC(=NCc1ccccc1N1CCOCC1)NCC(CO)c1ccccc1.I. The fourth-order valence-electron chi connectivity index (χ4n) is 3.50. The smallest absolute Gasteiger partial charge is 0.191 e. The third kappa shape index (κ3) is 7.14. The molecule has 1 unspecified atom stereocenters. The molecule has 0 aromatic heterocycles. The number of hydrogen-bond acceptors (Lipinski definition) is 4. The number of aliphatic hydroxyl groups is 1. The van der Waals surface area contributed by atoms with Crippen molar-refractivity contribution in [3.05, 3.63) is 65.7 Å². The Morgan fingerprint density at radius 2 is 1.77 bits per heavy atom. The highest BCUT2D eigenvalue weighted by molar-refractivity contribution is 14.0. The Hall–Kier alpha value is -1.84. The molecule has 3 N–H and O–H groups in total. The molecule has 1 saturated heterocycles. The normalized spacial score (nSPS) is 15.3. The lowest BCUT2D eigenvalue weighted by Gasteiger charge is -2.30. The van der Waals surface area contributed by atoms with Gasteiger partial charge in [-0.3, -0.25) is 0 Å². The van der Waals surface area contributed by atoms with Gasteiger partial charge < -0.3 is 25.4 Å². The molecule has 0 aliphatic carbocycles. The van der Waals surface area contributed by atoms with E-state index in [-0.39, 0.29) is 36.5 Å². The van der Waals surface area contributed by atoms with E-state index in [0.717, 1.165) is 44.4 Å². The summed E-state index contributed by atoms with van der Waals surface area (Å²) in [5, 5.41) is 16.5. The van der Waals surface area contributed by atoms with Crippen LogP contribution in [0.15, 0.2) is 59.6 Å². The number of nitrogens with zero attached hydrogens (tertiary/aromatic N) is 2. The maximum Gasteiger partial charge on any atom is 0.191 e. The molecular formula is C23H33IN4O2. The van der Waals surface area contributed by atoms with E-state index in [1.165, 1.54) is 11.3 Å². The zero-order valence-corrected chi connectivity index (χ0v) is 19.9. The highest BCUT2D eigenvalue weighted by Gasteiger charge is 2.15. The maximum absolute atomic E-state index is 9.79. The van der Waals surface area contributed by atoms with Gasteiger partial charge in [-0.05, 0) is 24.1 Å². The van der Waals surface area contributed by atoms with Gasteiger partial charge in [-0.2, -0.15) is 0 Å². The molecule has 1 aliphatic rings. The Bertz CT molecular complexity index is 767. The number of nitrogens with one attached hydrogen (secondary N) is 2. The van der Waals surface area contributed by atoms with Crippen LogP contribution >= 0.6 is 24.0 Å². The van der Waals surface area contributed by atoms with Crippen LogP contribution in [0.3, 0.4) is 0 Å². The van der Waals surface area contributed by atoms with E-state index in [0.29, 0.717) is 13.1 Å². The molecule has 1 atom stereocenters. The summed E-state index contributed by atoms with van der Waals surface area (Å²) in [5.74, 6) is 0.791. The Labute approximate surface area is 196 Å². The number of ether oxygens (including phenoxy) is 1. The van der Waals surface area contributed by atoms with E-state index in [9.17, 15) is 5.11 Å². The summed E-state index contributed by atoms with van der Waals surface area (Å²) in [7, 11) is 0. The Kier molecular flexibility index (Phi) is 11.0. The van der Waals surface area contributed by atoms with Gasteiger partial charge in [-0.1, -0.05) is 48.5 Å². The summed E-state index contributed by atoms with van der Waals surface area (Å²) >= 11 is 0. The summed E-state index contributed by atoms with van der Waals surface area (Å²) in [4.78, 5) is 7.16. The monoisotopic (exact) mass is 524 g/mol. The molecule has 2 aromatic carbocycles. The first-order valence-electron chi connectivity index (χ1n) is 10.4. The summed E-state index contributed by atoms with van der Waals surface area (Å²) in [6.07, 6.45) is 0. The van der Waals surface area contributed by atoms with Crippen LogP contribution in [0.2, 0.25) is 0 Å². The first kappa shape index (κ1) is 24.4. The summed E-state index contributed by atoms with van der Waals surface area (Å²) < 4.78 is 5.48. The van der Waals surface area contributed by atoms with Crippen LogP contribution in [0.4, 0.5) is 5.69 Å². The maximum atomic E-state index is 9.79. The molecule has 1 fully saturated rings. The summed E-state index contributed by atoms with van der Waals surface area (Å²) in [6.45, 7) is 7.51. The zero-order valence-electron chi connectivity index (χ0n) is 17.6. The number of aliphatic imine (C=N–C) groups is 1.